The van der Waals surface area contributed by atoms with Gasteiger partial charge in [-0.05, 0) is 31.9 Å². The fourth-order valence-electron chi connectivity index (χ4n) is 1.26. The van der Waals surface area contributed by atoms with Gasteiger partial charge in [-0.2, -0.15) is 0 Å². The molecule has 0 radical (unpaired) electrons. The average molecular weight is 228 g/mol. The molecule has 84 valence electrons. The first-order chi connectivity index (χ1) is 6.96. The number of para-hydroxylation sites is 1. The maximum atomic E-state index is 9.86. The number of halogens is 1. The second-order valence-corrected chi connectivity index (χ2v) is 4.54. The molecule has 1 aromatic carbocycles. The summed E-state index contributed by atoms with van der Waals surface area (Å²) in [6.45, 7) is 6.27. The summed E-state index contributed by atoms with van der Waals surface area (Å²) in [5.74, 6) is 0. The molecule has 0 fully saturated rings. The molecule has 0 saturated heterocycles. The van der Waals surface area contributed by atoms with Crippen molar-refractivity contribution < 1.29 is 5.11 Å². The van der Waals surface area contributed by atoms with Gasteiger partial charge >= 0.3 is 0 Å². The Morgan fingerprint density at radius 3 is 2.67 bits per heavy atom. The fraction of sp³-hybridized carbons (Fsp3) is 0.500. The quantitative estimate of drug-likeness (QED) is 0.828. The highest BCUT2D eigenvalue weighted by Gasteiger charge is 2.17. The van der Waals surface area contributed by atoms with Gasteiger partial charge in [0.05, 0.1) is 16.3 Å². The molecular formula is C12H18ClNO. The second kappa shape index (κ2) is 4.86. The van der Waals surface area contributed by atoms with Gasteiger partial charge in [-0.25, -0.2) is 0 Å². The van der Waals surface area contributed by atoms with Crippen molar-refractivity contribution in [3.63, 3.8) is 0 Å². The van der Waals surface area contributed by atoms with E-state index in [4.69, 9.17) is 11.6 Å². The van der Waals surface area contributed by atoms with Crippen LogP contribution in [0.1, 0.15) is 25.8 Å². The molecule has 1 aromatic rings. The Labute approximate surface area is 96.3 Å². The minimum absolute atomic E-state index is 0.508. The Kier molecular flexibility index (Phi) is 4.00. The topological polar surface area (TPSA) is 32.3 Å². The predicted molar refractivity (Wildman–Crippen MR) is 65.6 cm³/mol. The van der Waals surface area contributed by atoms with Crippen molar-refractivity contribution in [1.29, 1.82) is 0 Å². The Hall–Kier alpha value is -0.730. The van der Waals surface area contributed by atoms with Gasteiger partial charge in [0.1, 0.15) is 0 Å². The minimum atomic E-state index is -0.689. The van der Waals surface area contributed by atoms with E-state index in [2.05, 4.69) is 5.32 Å². The number of hydrogen-bond donors (Lipinski definition) is 2. The van der Waals surface area contributed by atoms with Crippen LogP contribution in [0.15, 0.2) is 18.2 Å². The van der Waals surface area contributed by atoms with Crippen LogP contribution >= 0.6 is 11.6 Å². The van der Waals surface area contributed by atoms with Gasteiger partial charge in [0.2, 0.25) is 0 Å². The van der Waals surface area contributed by atoms with Crippen LogP contribution in [0.2, 0.25) is 5.02 Å². The van der Waals surface area contributed by atoms with Crippen molar-refractivity contribution in [2.75, 3.05) is 11.9 Å². The molecule has 15 heavy (non-hydrogen) atoms. The molecule has 1 unspecified atom stereocenters. The van der Waals surface area contributed by atoms with Crippen LogP contribution in [0.25, 0.3) is 0 Å². The Morgan fingerprint density at radius 1 is 1.47 bits per heavy atom. The zero-order chi connectivity index (χ0) is 11.5. The largest absolute Gasteiger partial charge is 0.388 e. The van der Waals surface area contributed by atoms with Crippen molar-refractivity contribution in [2.24, 2.45) is 0 Å². The van der Waals surface area contributed by atoms with Crippen molar-refractivity contribution in [3.05, 3.63) is 28.8 Å². The zero-order valence-corrected chi connectivity index (χ0v) is 10.2. The smallest absolute Gasteiger partial charge is 0.0788 e. The first kappa shape index (κ1) is 12.3. The third-order valence-electron chi connectivity index (χ3n) is 2.63. The lowest BCUT2D eigenvalue weighted by Crippen LogP contribution is -2.32. The van der Waals surface area contributed by atoms with Crippen LogP contribution in [-0.2, 0) is 0 Å². The standard InChI is InChI=1S/C12H18ClNO/c1-4-12(3,15)8-14-11-9(2)6-5-7-10(11)13/h5-7,14-15H,4,8H2,1-3H3. The monoisotopic (exact) mass is 227 g/mol. The van der Waals surface area contributed by atoms with Crippen molar-refractivity contribution >= 4 is 17.3 Å². The lowest BCUT2D eigenvalue weighted by Gasteiger charge is -2.23. The van der Waals surface area contributed by atoms with E-state index >= 15 is 0 Å². The molecule has 0 aliphatic rings. The fourth-order valence-corrected chi connectivity index (χ4v) is 1.55. The maximum Gasteiger partial charge on any atom is 0.0788 e. The molecule has 2 nitrogen and oxygen atoms in total. The zero-order valence-electron chi connectivity index (χ0n) is 9.47. The van der Waals surface area contributed by atoms with Gasteiger partial charge in [0, 0.05) is 6.54 Å². The van der Waals surface area contributed by atoms with Crippen molar-refractivity contribution in [2.45, 2.75) is 32.8 Å². The van der Waals surface area contributed by atoms with Gasteiger partial charge in [0.15, 0.2) is 0 Å². The highest BCUT2D eigenvalue weighted by molar-refractivity contribution is 6.33. The van der Waals surface area contributed by atoms with E-state index in [-0.39, 0.29) is 0 Å². The van der Waals surface area contributed by atoms with E-state index in [1.807, 2.05) is 39.0 Å². The predicted octanol–water partition coefficient (Wildman–Crippen LogP) is 3.22. The van der Waals surface area contributed by atoms with Crippen LogP contribution in [0.5, 0.6) is 0 Å². The highest BCUT2D eigenvalue weighted by atomic mass is 35.5. The Balaban J connectivity index is 2.73. The number of rotatable bonds is 4. The molecule has 0 bridgehead atoms. The number of benzene rings is 1. The molecule has 1 atom stereocenters. The van der Waals surface area contributed by atoms with Gasteiger partial charge < -0.3 is 10.4 Å². The van der Waals surface area contributed by atoms with Crippen LogP contribution in [0.3, 0.4) is 0 Å². The second-order valence-electron chi connectivity index (χ2n) is 4.14. The molecule has 2 N–H and O–H groups in total. The van der Waals surface area contributed by atoms with Crippen molar-refractivity contribution in [1.82, 2.24) is 0 Å². The van der Waals surface area contributed by atoms with Gasteiger partial charge in [-0.3, -0.25) is 0 Å². The molecule has 1 rings (SSSR count). The van der Waals surface area contributed by atoms with Crippen LogP contribution < -0.4 is 5.32 Å². The van der Waals surface area contributed by atoms with E-state index in [0.29, 0.717) is 18.0 Å². The van der Waals surface area contributed by atoms with Crippen LogP contribution in [0.4, 0.5) is 5.69 Å². The third-order valence-corrected chi connectivity index (χ3v) is 2.94. The van der Waals surface area contributed by atoms with Gasteiger partial charge in [-0.1, -0.05) is 30.7 Å². The molecule has 0 heterocycles. The van der Waals surface area contributed by atoms with E-state index in [9.17, 15) is 5.11 Å². The Morgan fingerprint density at radius 2 is 2.13 bits per heavy atom. The SMILES string of the molecule is CCC(C)(O)CNc1c(C)cccc1Cl. The summed E-state index contributed by atoms with van der Waals surface area (Å²) in [6.07, 6.45) is 0.712. The van der Waals surface area contributed by atoms with Gasteiger partial charge in [-0.15, -0.1) is 0 Å². The summed E-state index contributed by atoms with van der Waals surface area (Å²) >= 11 is 6.06. The summed E-state index contributed by atoms with van der Waals surface area (Å²) in [6, 6.07) is 5.76. The number of anilines is 1. The summed E-state index contributed by atoms with van der Waals surface area (Å²) in [4.78, 5) is 0. The Bertz CT molecular complexity index is 316. The minimum Gasteiger partial charge on any atom is -0.388 e. The third kappa shape index (κ3) is 3.40. The summed E-state index contributed by atoms with van der Waals surface area (Å²) < 4.78 is 0. The van der Waals surface area contributed by atoms with Crippen LogP contribution in [-0.4, -0.2) is 17.3 Å². The van der Waals surface area contributed by atoms with E-state index < -0.39 is 5.60 Å². The van der Waals surface area contributed by atoms with E-state index in [0.717, 1.165) is 11.3 Å². The maximum absolute atomic E-state index is 9.86. The number of nitrogens with one attached hydrogen (secondary N) is 1. The summed E-state index contributed by atoms with van der Waals surface area (Å²) in [5, 5.41) is 13.7. The van der Waals surface area contributed by atoms with E-state index in [1.165, 1.54) is 0 Å². The molecular weight excluding hydrogens is 210 g/mol. The van der Waals surface area contributed by atoms with Gasteiger partial charge in [0.25, 0.3) is 0 Å². The van der Waals surface area contributed by atoms with Crippen LogP contribution in [0, 0.1) is 6.92 Å². The van der Waals surface area contributed by atoms with Crippen molar-refractivity contribution in [3.8, 4) is 0 Å². The summed E-state index contributed by atoms with van der Waals surface area (Å²) in [5.41, 5.74) is 1.31. The van der Waals surface area contributed by atoms with E-state index in [1.54, 1.807) is 0 Å². The molecule has 0 amide bonds. The highest BCUT2D eigenvalue weighted by Crippen LogP contribution is 2.25. The number of hydrogen-bond acceptors (Lipinski definition) is 2. The number of aliphatic hydroxyl groups is 1. The molecule has 0 aliphatic carbocycles. The molecule has 3 heteroatoms. The normalized spacial score (nSPS) is 14.7. The summed E-state index contributed by atoms with van der Waals surface area (Å²) in [7, 11) is 0. The first-order valence-electron chi connectivity index (χ1n) is 5.17. The molecule has 0 spiro atoms. The average Bonchev–Trinajstić information content (AvgIpc) is 2.17. The lowest BCUT2D eigenvalue weighted by molar-refractivity contribution is 0.0697. The molecule has 0 aliphatic heterocycles. The first-order valence-corrected chi connectivity index (χ1v) is 5.55. The lowest BCUT2D eigenvalue weighted by atomic mass is 10.0. The molecule has 0 aromatic heterocycles. The molecule has 0 saturated carbocycles. The number of aryl methyl sites for hydroxylation is 1.